The number of rotatable bonds is 5. The molecule has 1 aromatic carbocycles. The Morgan fingerprint density at radius 1 is 1.39 bits per heavy atom. The smallest absolute Gasteiger partial charge is 0.272 e. The number of aromatic nitrogens is 2. The number of halogens is 1. The van der Waals surface area contributed by atoms with Gasteiger partial charge in [-0.1, -0.05) is 30.0 Å². The van der Waals surface area contributed by atoms with Crippen molar-refractivity contribution in [2.24, 2.45) is 0 Å². The number of thioether (sulfide) groups is 1. The van der Waals surface area contributed by atoms with Crippen molar-refractivity contribution in [1.29, 1.82) is 0 Å². The topological polar surface area (TPSA) is 55.1 Å². The van der Waals surface area contributed by atoms with Gasteiger partial charge in [-0.3, -0.25) is 9.36 Å². The van der Waals surface area contributed by atoms with E-state index in [2.05, 4.69) is 4.98 Å². The third-order valence-electron chi connectivity index (χ3n) is 3.29. The van der Waals surface area contributed by atoms with Crippen LogP contribution in [0, 0.1) is 5.82 Å². The standard InChI is InChI=1S/C16H15FN2O2S2/c1-10(20)8-19-15(21)14-13(6-7-22-14)18-16(19)23-9-11-4-2-3-5-12(11)17/h2-7,10,20H,8-9H2,1H3/t10-/m0/s1. The molecule has 2 aromatic heterocycles. The van der Waals surface area contributed by atoms with Gasteiger partial charge in [0.05, 0.1) is 18.2 Å². The van der Waals surface area contributed by atoms with Gasteiger partial charge in [-0.05, 0) is 30.0 Å². The maximum Gasteiger partial charge on any atom is 0.272 e. The first-order valence-corrected chi connectivity index (χ1v) is 8.95. The number of fused-ring (bicyclic) bond motifs is 1. The van der Waals surface area contributed by atoms with E-state index in [1.807, 2.05) is 5.38 Å². The molecular weight excluding hydrogens is 335 g/mol. The molecule has 0 saturated carbocycles. The second-order valence-electron chi connectivity index (χ2n) is 5.17. The highest BCUT2D eigenvalue weighted by molar-refractivity contribution is 7.98. The van der Waals surface area contributed by atoms with E-state index in [-0.39, 0.29) is 17.9 Å². The molecule has 3 rings (SSSR count). The Hall–Kier alpha value is -1.70. The van der Waals surface area contributed by atoms with Crippen molar-refractivity contribution in [3.8, 4) is 0 Å². The second-order valence-corrected chi connectivity index (χ2v) is 7.03. The van der Waals surface area contributed by atoms with E-state index in [1.165, 1.54) is 33.7 Å². The molecular formula is C16H15FN2O2S2. The number of aliphatic hydroxyl groups excluding tert-OH is 1. The summed E-state index contributed by atoms with van der Waals surface area (Å²) in [5.74, 6) is 0.0928. The van der Waals surface area contributed by atoms with Gasteiger partial charge in [0.25, 0.3) is 5.56 Å². The largest absolute Gasteiger partial charge is 0.392 e. The molecule has 0 radical (unpaired) electrons. The third-order valence-corrected chi connectivity index (χ3v) is 5.21. The molecule has 0 fully saturated rings. The van der Waals surface area contributed by atoms with E-state index in [0.29, 0.717) is 26.7 Å². The van der Waals surface area contributed by atoms with E-state index >= 15 is 0 Å². The van der Waals surface area contributed by atoms with Gasteiger partial charge in [0, 0.05) is 5.75 Å². The zero-order chi connectivity index (χ0) is 16.4. The molecule has 120 valence electrons. The molecule has 7 heteroatoms. The van der Waals surface area contributed by atoms with Crippen molar-refractivity contribution in [3.63, 3.8) is 0 Å². The Kier molecular flexibility index (Phi) is 4.79. The first kappa shape index (κ1) is 16.2. The molecule has 0 unspecified atom stereocenters. The van der Waals surface area contributed by atoms with Crippen molar-refractivity contribution in [1.82, 2.24) is 9.55 Å². The molecule has 3 aromatic rings. The number of hydrogen-bond acceptors (Lipinski definition) is 5. The summed E-state index contributed by atoms with van der Waals surface area (Å²) in [6.45, 7) is 1.79. The highest BCUT2D eigenvalue weighted by atomic mass is 32.2. The van der Waals surface area contributed by atoms with Crippen molar-refractivity contribution >= 4 is 33.3 Å². The molecule has 4 nitrogen and oxygen atoms in total. The molecule has 2 heterocycles. The quantitative estimate of drug-likeness (QED) is 0.567. The fourth-order valence-electron chi connectivity index (χ4n) is 2.22. The number of aliphatic hydroxyl groups is 1. The average Bonchev–Trinajstić information content (AvgIpc) is 2.98. The molecule has 0 saturated heterocycles. The third kappa shape index (κ3) is 3.46. The second kappa shape index (κ2) is 6.82. The molecule has 0 aliphatic carbocycles. The number of nitrogens with zero attached hydrogens (tertiary/aromatic N) is 2. The highest BCUT2D eigenvalue weighted by Gasteiger charge is 2.14. The SMILES string of the molecule is C[C@H](O)Cn1c(SCc2ccccc2F)nc2ccsc2c1=O. The number of hydrogen-bond donors (Lipinski definition) is 1. The Balaban J connectivity index is 1.98. The minimum absolute atomic E-state index is 0.165. The van der Waals surface area contributed by atoms with Crippen LogP contribution in [0.4, 0.5) is 4.39 Å². The Morgan fingerprint density at radius 3 is 2.91 bits per heavy atom. The van der Waals surface area contributed by atoms with Crippen LogP contribution in [-0.2, 0) is 12.3 Å². The van der Waals surface area contributed by atoms with E-state index < -0.39 is 6.10 Å². The first-order chi connectivity index (χ1) is 11.1. The highest BCUT2D eigenvalue weighted by Crippen LogP contribution is 2.25. The van der Waals surface area contributed by atoms with E-state index in [4.69, 9.17) is 0 Å². The number of thiophene rings is 1. The minimum atomic E-state index is -0.667. The van der Waals surface area contributed by atoms with Crippen LogP contribution in [0.2, 0.25) is 0 Å². The molecule has 0 spiro atoms. The van der Waals surface area contributed by atoms with Crippen molar-refractivity contribution in [2.75, 3.05) is 0 Å². The van der Waals surface area contributed by atoms with Crippen LogP contribution in [0.3, 0.4) is 0 Å². The molecule has 23 heavy (non-hydrogen) atoms. The van der Waals surface area contributed by atoms with Gasteiger partial charge < -0.3 is 5.11 Å². The van der Waals surface area contributed by atoms with Gasteiger partial charge in [-0.2, -0.15) is 0 Å². The maximum absolute atomic E-state index is 13.7. The summed E-state index contributed by atoms with van der Waals surface area (Å²) in [5.41, 5.74) is 1.03. The Morgan fingerprint density at radius 2 is 2.17 bits per heavy atom. The molecule has 1 atom stereocenters. The fraction of sp³-hybridized carbons (Fsp3) is 0.250. The van der Waals surface area contributed by atoms with E-state index in [9.17, 15) is 14.3 Å². The zero-order valence-electron chi connectivity index (χ0n) is 12.4. The Labute approximate surface area is 140 Å². The summed E-state index contributed by atoms with van der Waals surface area (Å²) < 4.78 is 15.8. The van der Waals surface area contributed by atoms with Crippen LogP contribution < -0.4 is 5.56 Å². The lowest BCUT2D eigenvalue weighted by molar-refractivity contribution is 0.168. The summed E-state index contributed by atoms with van der Waals surface area (Å²) in [6.07, 6.45) is -0.667. The van der Waals surface area contributed by atoms with Crippen molar-refractivity contribution < 1.29 is 9.50 Å². The van der Waals surface area contributed by atoms with Crippen LogP contribution >= 0.6 is 23.1 Å². The van der Waals surface area contributed by atoms with Gasteiger partial charge in [-0.25, -0.2) is 9.37 Å². The summed E-state index contributed by atoms with van der Waals surface area (Å²) in [5, 5.41) is 12.0. The molecule has 0 bridgehead atoms. The summed E-state index contributed by atoms with van der Waals surface area (Å²) in [6, 6.07) is 8.33. The molecule has 0 amide bonds. The van der Waals surface area contributed by atoms with Crippen LogP contribution in [0.5, 0.6) is 0 Å². The fourth-order valence-corrected chi connectivity index (χ4v) is 3.99. The summed E-state index contributed by atoms with van der Waals surface area (Å²) in [7, 11) is 0. The molecule has 0 aliphatic heterocycles. The monoisotopic (exact) mass is 350 g/mol. The van der Waals surface area contributed by atoms with Crippen molar-refractivity contribution in [3.05, 3.63) is 57.4 Å². The number of benzene rings is 1. The summed E-state index contributed by atoms with van der Waals surface area (Å²) in [4.78, 5) is 17.1. The van der Waals surface area contributed by atoms with Crippen molar-refractivity contribution in [2.45, 2.75) is 30.5 Å². The van der Waals surface area contributed by atoms with Gasteiger partial charge in [0.15, 0.2) is 5.16 Å². The van der Waals surface area contributed by atoms with Gasteiger partial charge in [-0.15, -0.1) is 11.3 Å². The van der Waals surface area contributed by atoms with Crippen LogP contribution in [0.15, 0.2) is 45.7 Å². The predicted molar refractivity (Wildman–Crippen MR) is 91.5 cm³/mol. The molecule has 0 aliphatic rings. The predicted octanol–water partition coefficient (Wildman–Crippen LogP) is 3.27. The van der Waals surface area contributed by atoms with Crippen LogP contribution in [0.25, 0.3) is 10.2 Å². The van der Waals surface area contributed by atoms with Crippen LogP contribution in [0.1, 0.15) is 12.5 Å². The normalized spacial score (nSPS) is 12.7. The van der Waals surface area contributed by atoms with Gasteiger partial charge >= 0.3 is 0 Å². The minimum Gasteiger partial charge on any atom is -0.392 e. The van der Waals surface area contributed by atoms with Gasteiger partial charge in [0.1, 0.15) is 10.5 Å². The first-order valence-electron chi connectivity index (χ1n) is 7.08. The molecule has 1 N–H and O–H groups in total. The lowest BCUT2D eigenvalue weighted by Gasteiger charge is -2.13. The van der Waals surface area contributed by atoms with E-state index in [0.717, 1.165) is 0 Å². The van der Waals surface area contributed by atoms with E-state index in [1.54, 1.807) is 31.2 Å². The zero-order valence-corrected chi connectivity index (χ0v) is 14.0. The summed E-state index contributed by atoms with van der Waals surface area (Å²) >= 11 is 2.63. The average molecular weight is 350 g/mol. The lowest BCUT2D eigenvalue weighted by atomic mass is 10.2. The lowest BCUT2D eigenvalue weighted by Crippen LogP contribution is -2.27. The Bertz CT molecular complexity index is 889. The van der Waals surface area contributed by atoms with Crippen LogP contribution in [-0.4, -0.2) is 20.8 Å². The maximum atomic E-state index is 13.7. The van der Waals surface area contributed by atoms with Gasteiger partial charge in [0.2, 0.25) is 0 Å².